The molecule has 0 aromatic carbocycles. The fourth-order valence-corrected chi connectivity index (χ4v) is 3.12. The van der Waals surface area contributed by atoms with Gasteiger partial charge in [0.25, 0.3) is 5.56 Å². The number of carbonyl (C=O) groups excluding carboxylic acids is 1. The molecule has 0 aliphatic heterocycles. The third kappa shape index (κ3) is 4.05. The first kappa shape index (κ1) is 16.9. The number of aryl methyl sites for hydroxylation is 2. The fourth-order valence-electron chi connectivity index (χ4n) is 2.41. The molecule has 2 aromatic rings. The van der Waals surface area contributed by atoms with Crippen LogP contribution in [0.4, 0.5) is 0 Å². The predicted molar refractivity (Wildman–Crippen MR) is 88.3 cm³/mol. The topological polar surface area (TPSA) is 98.6 Å². The second-order valence-corrected chi connectivity index (χ2v) is 6.27. The molecule has 0 aliphatic rings. The molecular formula is C16H18N4O2S. The van der Waals surface area contributed by atoms with Gasteiger partial charge >= 0.3 is 0 Å². The Morgan fingerprint density at radius 1 is 1.43 bits per heavy atom. The Kier molecular flexibility index (Phi) is 5.29. The number of hydrogen-bond donors (Lipinski definition) is 2. The third-order valence-corrected chi connectivity index (χ3v) is 4.59. The molecule has 7 heteroatoms. The summed E-state index contributed by atoms with van der Waals surface area (Å²) >= 11 is 1.52. The average Bonchev–Trinajstić information content (AvgIpc) is 2.90. The number of rotatable bonds is 5. The van der Waals surface area contributed by atoms with Crippen molar-refractivity contribution >= 4 is 17.2 Å². The highest BCUT2D eigenvalue weighted by Crippen LogP contribution is 2.15. The van der Waals surface area contributed by atoms with E-state index >= 15 is 0 Å². The Morgan fingerprint density at radius 3 is 2.78 bits per heavy atom. The van der Waals surface area contributed by atoms with Gasteiger partial charge in [0.1, 0.15) is 16.6 Å². The Labute approximate surface area is 138 Å². The van der Waals surface area contributed by atoms with E-state index in [4.69, 9.17) is 5.26 Å². The fraction of sp³-hybridized carbons (Fsp3) is 0.375. The van der Waals surface area contributed by atoms with Gasteiger partial charge in [-0.1, -0.05) is 0 Å². The number of amides is 1. The smallest absolute Gasteiger partial charge is 0.266 e. The Balaban J connectivity index is 1.99. The quantitative estimate of drug-likeness (QED) is 0.874. The molecule has 0 saturated carbocycles. The van der Waals surface area contributed by atoms with Crippen molar-refractivity contribution in [1.29, 1.82) is 5.26 Å². The Hall–Kier alpha value is -2.46. The normalized spacial score (nSPS) is 10.3. The molecular weight excluding hydrogens is 312 g/mol. The van der Waals surface area contributed by atoms with E-state index in [9.17, 15) is 9.59 Å². The number of thiazole rings is 1. The molecule has 0 atom stereocenters. The molecule has 2 rings (SSSR count). The van der Waals surface area contributed by atoms with Crippen LogP contribution in [-0.4, -0.2) is 15.9 Å². The van der Waals surface area contributed by atoms with E-state index in [1.165, 1.54) is 11.3 Å². The highest BCUT2D eigenvalue weighted by Gasteiger charge is 2.13. The lowest BCUT2D eigenvalue weighted by Gasteiger charge is -2.10. The van der Waals surface area contributed by atoms with E-state index in [0.717, 1.165) is 16.3 Å². The molecule has 0 radical (unpaired) electrons. The van der Waals surface area contributed by atoms with Crippen molar-refractivity contribution in [3.05, 3.63) is 48.8 Å². The van der Waals surface area contributed by atoms with Gasteiger partial charge in [0.15, 0.2) is 0 Å². The summed E-state index contributed by atoms with van der Waals surface area (Å²) in [6.45, 7) is 5.86. The molecule has 2 aromatic heterocycles. The predicted octanol–water partition coefficient (Wildman–Crippen LogP) is 1.88. The molecule has 0 fully saturated rings. The number of aromatic amines is 1. The van der Waals surface area contributed by atoms with Gasteiger partial charge in [-0.2, -0.15) is 5.26 Å². The van der Waals surface area contributed by atoms with Crippen LogP contribution in [0, 0.1) is 32.1 Å². The van der Waals surface area contributed by atoms with Gasteiger partial charge in [0, 0.05) is 23.2 Å². The number of pyridine rings is 1. The lowest BCUT2D eigenvalue weighted by atomic mass is 9.99. The van der Waals surface area contributed by atoms with E-state index < -0.39 is 0 Å². The molecule has 120 valence electrons. The number of aromatic nitrogens is 2. The zero-order chi connectivity index (χ0) is 17.0. The van der Waals surface area contributed by atoms with E-state index in [1.54, 1.807) is 13.8 Å². The van der Waals surface area contributed by atoms with Crippen LogP contribution in [-0.2, 0) is 17.8 Å². The van der Waals surface area contributed by atoms with Crippen LogP contribution in [0.2, 0.25) is 0 Å². The van der Waals surface area contributed by atoms with Crippen molar-refractivity contribution in [1.82, 2.24) is 15.3 Å². The van der Waals surface area contributed by atoms with Crippen LogP contribution in [0.1, 0.15) is 39.5 Å². The second kappa shape index (κ2) is 7.20. The molecule has 2 N–H and O–H groups in total. The van der Waals surface area contributed by atoms with Crippen LogP contribution in [0.15, 0.2) is 10.2 Å². The van der Waals surface area contributed by atoms with Crippen LogP contribution >= 0.6 is 11.3 Å². The van der Waals surface area contributed by atoms with Crippen LogP contribution in [0.3, 0.4) is 0 Å². The maximum absolute atomic E-state index is 12.0. The zero-order valence-corrected chi connectivity index (χ0v) is 14.1. The van der Waals surface area contributed by atoms with Crippen molar-refractivity contribution in [2.75, 3.05) is 0 Å². The van der Waals surface area contributed by atoms with Gasteiger partial charge in [-0.15, -0.1) is 11.3 Å². The van der Waals surface area contributed by atoms with Gasteiger partial charge in [0.2, 0.25) is 5.91 Å². The molecule has 1 amide bonds. The van der Waals surface area contributed by atoms with Crippen molar-refractivity contribution in [2.45, 2.75) is 40.2 Å². The first-order valence-electron chi connectivity index (χ1n) is 7.22. The van der Waals surface area contributed by atoms with Gasteiger partial charge in [-0.3, -0.25) is 9.59 Å². The zero-order valence-electron chi connectivity index (χ0n) is 13.3. The Bertz CT molecular complexity index is 830. The summed E-state index contributed by atoms with van der Waals surface area (Å²) in [5.41, 5.74) is 2.88. The lowest BCUT2D eigenvalue weighted by molar-refractivity contribution is -0.121. The maximum Gasteiger partial charge on any atom is 0.266 e. The van der Waals surface area contributed by atoms with Gasteiger partial charge in [-0.25, -0.2) is 4.98 Å². The standard InChI is InChI=1S/C16H18N4O2S/c1-9-8-23-15(19-9)7-18-14(21)5-4-12-10(2)13(6-17)16(22)20-11(12)3/h8H,4-5,7H2,1-3H3,(H,18,21)(H,20,22). The highest BCUT2D eigenvalue weighted by molar-refractivity contribution is 7.09. The molecule has 6 nitrogen and oxygen atoms in total. The lowest BCUT2D eigenvalue weighted by Crippen LogP contribution is -2.24. The molecule has 0 saturated heterocycles. The summed E-state index contributed by atoms with van der Waals surface area (Å²) in [5.74, 6) is -0.0821. The summed E-state index contributed by atoms with van der Waals surface area (Å²) < 4.78 is 0. The van der Waals surface area contributed by atoms with Crippen molar-refractivity contribution < 1.29 is 4.79 Å². The molecule has 0 aliphatic carbocycles. The van der Waals surface area contributed by atoms with Gasteiger partial charge in [-0.05, 0) is 38.3 Å². The number of hydrogen-bond acceptors (Lipinski definition) is 5. The molecule has 0 unspecified atom stereocenters. The number of H-pyrrole nitrogens is 1. The number of nitriles is 1. The first-order chi connectivity index (χ1) is 10.9. The SMILES string of the molecule is Cc1csc(CNC(=O)CCc2c(C)[nH]c(=O)c(C#N)c2C)n1. The third-order valence-electron chi connectivity index (χ3n) is 3.63. The number of nitrogens with zero attached hydrogens (tertiary/aromatic N) is 2. The summed E-state index contributed by atoms with van der Waals surface area (Å²) in [7, 11) is 0. The van der Waals surface area contributed by atoms with Crippen LogP contribution < -0.4 is 10.9 Å². The molecule has 0 bridgehead atoms. The van der Waals surface area contributed by atoms with Gasteiger partial charge < -0.3 is 10.3 Å². The van der Waals surface area contributed by atoms with E-state index in [0.29, 0.717) is 30.6 Å². The highest BCUT2D eigenvalue weighted by atomic mass is 32.1. The van der Waals surface area contributed by atoms with Crippen LogP contribution in [0.25, 0.3) is 0 Å². The molecule has 0 spiro atoms. The van der Waals surface area contributed by atoms with Crippen molar-refractivity contribution in [3.63, 3.8) is 0 Å². The Morgan fingerprint density at radius 2 is 2.17 bits per heavy atom. The minimum absolute atomic E-state index is 0.0821. The minimum atomic E-state index is -0.380. The second-order valence-electron chi connectivity index (χ2n) is 5.33. The van der Waals surface area contributed by atoms with E-state index in [2.05, 4.69) is 15.3 Å². The summed E-state index contributed by atoms with van der Waals surface area (Å²) in [5, 5.41) is 14.7. The molecule has 23 heavy (non-hydrogen) atoms. The maximum atomic E-state index is 12.0. The van der Waals surface area contributed by atoms with Crippen molar-refractivity contribution in [2.24, 2.45) is 0 Å². The van der Waals surface area contributed by atoms with E-state index in [1.807, 2.05) is 18.4 Å². The summed E-state index contributed by atoms with van der Waals surface area (Å²) in [6, 6.07) is 1.92. The first-order valence-corrected chi connectivity index (χ1v) is 8.10. The van der Waals surface area contributed by atoms with Crippen molar-refractivity contribution in [3.8, 4) is 6.07 Å². The van der Waals surface area contributed by atoms with E-state index in [-0.39, 0.29) is 17.0 Å². The number of nitrogens with one attached hydrogen (secondary N) is 2. The number of carbonyl (C=O) groups is 1. The molecule has 2 heterocycles. The van der Waals surface area contributed by atoms with Gasteiger partial charge in [0.05, 0.1) is 6.54 Å². The van der Waals surface area contributed by atoms with Crippen LogP contribution in [0.5, 0.6) is 0 Å². The summed E-state index contributed by atoms with van der Waals surface area (Å²) in [6.07, 6.45) is 0.773. The average molecular weight is 330 g/mol. The largest absolute Gasteiger partial charge is 0.350 e. The monoisotopic (exact) mass is 330 g/mol. The minimum Gasteiger partial charge on any atom is -0.350 e. The summed E-state index contributed by atoms with van der Waals surface area (Å²) in [4.78, 5) is 30.6.